The van der Waals surface area contributed by atoms with Crippen LogP contribution in [-0.4, -0.2) is 19.9 Å². The topological polar surface area (TPSA) is 77.0 Å². The van der Waals surface area contributed by atoms with Crippen LogP contribution in [0.2, 0.25) is 0 Å². The van der Waals surface area contributed by atoms with Crippen molar-refractivity contribution in [2.45, 2.75) is 25.0 Å². The Kier molecular flexibility index (Phi) is 2.16. The minimum absolute atomic E-state index is 0.642. The fourth-order valence-corrected chi connectivity index (χ4v) is 1.82. The zero-order chi connectivity index (χ0) is 11.9. The average molecular weight is 230 g/mol. The van der Waals surface area contributed by atoms with E-state index in [0.29, 0.717) is 12.2 Å². The van der Waals surface area contributed by atoms with Crippen molar-refractivity contribution in [2.24, 2.45) is 0 Å². The minimum Gasteiger partial charge on any atom is -0.396 e. The highest BCUT2D eigenvalue weighted by Gasteiger charge is 2.43. The first-order chi connectivity index (χ1) is 8.16. The SMILES string of the molecule is Nc1cnn(Cc2ccc(C3(O)CC3)nc2)c1. The zero-order valence-electron chi connectivity index (χ0n) is 9.37. The number of nitrogens with zero attached hydrogens (tertiary/aromatic N) is 3. The average Bonchev–Trinajstić information content (AvgIpc) is 2.94. The predicted octanol–water partition coefficient (Wildman–Crippen LogP) is 0.890. The van der Waals surface area contributed by atoms with Crippen molar-refractivity contribution in [3.63, 3.8) is 0 Å². The predicted molar refractivity (Wildman–Crippen MR) is 63.1 cm³/mol. The van der Waals surface area contributed by atoms with Gasteiger partial charge in [0.1, 0.15) is 5.60 Å². The second-order valence-electron chi connectivity index (χ2n) is 4.55. The number of aliphatic hydroxyl groups is 1. The molecule has 1 fully saturated rings. The lowest BCUT2D eigenvalue weighted by Gasteiger charge is -2.07. The third-order valence-electron chi connectivity index (χ3n) is 3.02. The molecule has 0 bridgehead atoms. The molecule has 5 nitrogen and oxygen atoms in total. The Balaban J connectivity index is 1.76. The molecule has 3 N–H and O–H groups in total. The quantitative estimate of drug-likeness (QED) is 0.821. The molecular weight excluding hydrogens is 216 g/mol. The highest BCUT2D eigenvalue weighted by atomic mass is 16.3. The van der Waals surface area contributed by atoms with Crippen LogP contribution in [0.5, 0.6) is 0 Å². The lowest BCUT2D eigenvalue weighted by Crippen LogP contribution is -2.08. The third-order valence-corrected chi connectivity index (χ3v) is 3.02. The molecule has 5 heteroatoms. The monoisotopic (exact) mass is 230 g/mol. The fraction of sp³-hybridized carbons (Fsp3) is 0.333. The summed E-state index contributed by atoms with van der Waals surface area (Å²) in [6, 6.07) is 3.85. The lowest BCUT2D eigenvalue weighted by molar-refractivity contribution is 0.146. The molecule has 1 aliphatic rings. The molecule has 0 radical (unpaired) electrons. The van der Waals surface area contributed by atoms with Crippen LogP contribution in [0.25, 0.3) is 0 Å². The van der Waals surface area contributed by atoms with Crippen molar-refractivity contribution in [3.8, 4) is 0 Å². The highest BCUT2D eigenvalue weighted by Crippen LogP contribution is 2.44. The summed E-state index contributed by atoms with van der Waals surface area (Å²) in [5.41, 5.74) is 7.39. The Morgan fingerprint density at radius 2 is 2.18 bits per heavy atom. The van der Waals surface area contributed by atoms with E-state index < -0.39 is 5.60 Å². The standard InChI is InChI=1S/C12H14N4O/c13-10-6-15-16(8-10)7-9-1-2-11(14-5-9)12(17)3-4-12/h1-2,5-6,8,17H,3-4,7,13H2. The summed E-state index contributed by atoms with van der Waals surface area (Å²) < 4.78 is 1.76. The van der Waals surface area contributed by atoms with Crippen molar-refractivity contribution < 1.29 is 5.11 Å². The van der Waals surface area contributed by atoms with Gasteiger partial charge in [0.05, 0.1) is 24.1 Å². The largest absolute Gasteiger partial charge is 0.396 e. The van der Waals surface area contributed by atoms with Gasteiger partial charge in [0, 0.05) is 12.4 Å². The molecule has 2 heterocycles. The lowest BCUT2D eigenvalue weighted by atomic mass is 10.2. The van der Waals surface area contributed by atoms with Gasteiger partial charge >= 0.3 is 0 Å². The maximum absolute atomic E-state index is 9.89. The molecule has 0 aromatic carbocycles. The molecule has 0 spiro atoms. The highest BCUT2D eigenvalue weighted by molar-refractivity contribution is 5.31. The van der Waals surface area contributed by atoms with Crippen LogP contribution in [0.1, 0.15) is 24.1 Å². The van der Waals surface area contributed by atoms with Crippen LogP contribution in [-0.2, 0) is 12.1 Å². The maximum Gasteiger partial charge on any atom is 0.107 e. The molecular formula is C12H14N4O. The van der Waals surface area contributed by atoms with Crippen molar-refractivity contribution in [1.82, 2.24) is 14.8 Å². The number of pyridine rings is 1. The number of hydrogen-bond acceptors (Lipinski definition) is 4. The van der Waals surface area contributed by atoms with Crippen LogP contribution in [0.3, 0.4) is 0 Å². The Morgan fingerprint density at radius 1 is 1.35 bits per heavy atom. The van der Waals surface area contributed by atoms with Gasteiger partial charge in [0.15, 0.2) is 0 Å². The summed E-state index contributed by atoms with van der Waals surface area (Å²) in [6.45, 7) is 0.642. The number of anilines is 1. The maximum atomic E-state index is 9.89. The van der Waals surface area contributed by atoms with Crippen molar-refractivity contribution in [1.29, 1.82) is 0 Å². The molecule has 0 unspecified atom stereocenters. The summed E-state index contributed by atoms with van der Waals surface area (Å²) in [5.74, 6) is 0. The van der Waals surface area contributed by atoms with Gasteiger partial charge in [-0.25, -0.2) is 0 Å². The summed E-state index contributed by atoms with van der Waals surface area (Å²) in [7, 11) is 0. The van der Waals surface area contributed by atoms with Crippen molar-refractivity contribution in [3.05, 3.63) is 42.0 Å². The van der Waals surface area contributed by atoms with E-state index in [1.165, 1.54) is 0 Å². The number of hydrogen-bond donors (Lipinski definition) is 2. The smallest absolute Gasteiger partial charge is 0.107 e. The van der Waals surface area contributed by atoms with Gasteiger partial charge in [-0.1, -0.05) is 6.07 Å². The van der Waals surface area contributed by atoms with E-state index in [1.54, 1.807) is 23.3 Å². The van der Waals surface area contributed by atoms with E-state index >= 15 is 0 Å². The number of aromatic nitrogens is 3. The normalized spacial score (nSPS) is 17.0. The van der Waals surface area contributed by atoms with Crippen LogP contribution >= 0.6 is 0 Å². The van der Waals surface area contributed by atoms with E-state index in [4.69, 9.17) is 5.73 Å². The molecule has 0 saturated heterocycles. The molecule has 0 atom stereocenters. The molecule has 0 aliphatic heterocycles. The van der Waals surface area contributed by atoms with Crippen LogP contribution in [0.15, 0.2) is 30.7 Å². The van der Waals surface area contributed by atoms with Crippen LogP contribution in [0.4, 0.5) is 5.69 Å². The second-order valence-corrected chi connectivity index (χ2v) is 4.55. The molecule has 88 valence electrons. The van der Waals surface area contributed by atoms with Gasteiger partial charge in [-0.05, 0) is 24.5 Å². The summed E-state index contributed by atoms with van der Waals surface area (Å²) >= 11 is 0. The van der Waals surface area contributed by atoms with Gasteiger partial charge in [-0.15, -0.1) is 0 Å². The minimum atomic E-state index is -0.658. The van der Waals surface area contributed by atoms with Gasteiger partial charge < -0.3 is 10.8 Å². The number of rotatable bonds is 3. The molecule has 1 aliphatic carbocycles. The van der Waals surface area contributed by atoms with Gasteiger partial charge in [-0.2, -0.15) is 5.10 Å². The van der Waals surface area contributed by atoms with E-state index in [-0.39, 0.29) is 0 Å². The van der Waals surface area contributed by atoms with Crippen LogP contribution < -0.4 is 5.73 Å². The van der Waals surface area contributed by atoms with Gasteiger partial charge in [0.2, 0.25) is 0 Å². The molecule has 0 amide bonds. The Morgan fingerprint density at radius 3 is 2.71 bits per heavy atom. The second kappa shape index (κ2) is 3.56. The molecule has 2 aromatic heterocycles. The zero-order valence-corrected chi connectivity index (χ0v) is 9.37. The van der Waals surface area contributed by atoms with Crippen molar-refractivity contribution in [2.75, 3.05) is 5.73 Å². The summed E-state index contributed by atoms with van der Waals surface area (Å²) in [5, 5.41) is 14.0. The van der Waals surface area contributed by atoms with Crippen molar-refractivity contribution >= 4 is 5.69 Å². The van der Waals surface area contributed by atoms with E-state index in [1.807, 2.05) is 12.1 Å². The fourth-order valence-electron chi connectivity index (χ4n) is 1.82. The number of nitrogens with two attached hydrogens (primary N) is 1. The first kappa shape index (κ1) is 10.3. The van der Waals surface area contributed by atoms with Gasteiger partial charge in [-0.3, -0.25) is 9.67 Å². The molecule has 1 saturated carbocycles. The first-order valence-corrected chi connectivity index (χ1v) is 5.61. The molecule has 2 aromatic rings. The third kappa shape index (κ3) is 2.01. The Bertz CT molecular complexity index is 528. The first-order valence-electron chi connectivity index (χ1n) is 5.61. The van der Waals surface area contributed by atoms with E-state index in [2.05, 4.69) is 10.1 Å². The van der Waals surface area contributed by atoms with Crippen LogP contribution in [0, 0.1) is 0 Å². The van der Waals surface area contributed by atoms with Gasteiger partial charge in [0.25, 0.3) is 0 Å². The summed E-state index contributed by atoms with van der Waals surface area (Å²) in [4.78, 5) is 4.29. The number of nitrogen functional groups attached to an aromatic ring is 1. The van der Waals surface area contributed by atoms with E-state index in [0.717, 1.165) is 24.1 Å². The Labute approximate surface area is 98.9 Å². The molecule has 3 rings (SSSR count). The molecule has 17 heavy (non-hydrogen) atoms. The Hall–Kier alpha value is -1.88. The summed E-state index contributed by atoms with van der Waals surface area (Å²) in [6.07, 6.45) is 6.81. The van der Waals surface area contributed by atoms with E-state index in [9.17, 15) is 5.11 Å².